The highest BCUT2D eigenvalue weighted by molar-refractivity contribution is 5.91. The minimum atomic E-state index is -1.19. The van der Waals surface area contributed by atoms with Gasteiger partial charge in [0.2, 0.25) is 0 Å². The Hall–Kier alpha value is -3.53. The number of halogens is 3. The van der Waals surface area contributed by atoms with Crippen molar-refractivity contribution < 1.29 is 22.7 Å². The van der Waals surface area contributed by atoms with Gasteiger partial charge in [-0.3, -0.25) is 0 Å². The van der Waals surface area contributed by atoms with Gasteiger partial charge in [0, 0.05) is 36.0 Å². The second-order valence-corrected chi connectivity index (χ2v) is 12.0. The van der Waals surface area contributed by atoms with Crippen molar-refractivity contribution in [2.45, 2.75) is 76.9 Å². The first-order chi connectivity index (χ1) is 19.1. The molecule has 2 N–H and O–H groups in total. The Morgan fingerprint density at radius 3 is 2.67 bits per heavy atom. The lowest BCUT2D eigenvalue weighted by molar-refractivity contribution is 0.0207. The highest BCUT2D eigenvalue weighted by Gasteiger charge is 2.39. The van der Waals surface area contributed by atoms with Crippen LogP contribution in [-0.2, 0) is 17.7 Å². The van der Waals surface area contributed by atoms with Gasteiger partial charge in [-0.05, 0) is 82.5 Å². The monoisotopic (exact) mass is 553 g/mol. The number of benzene rings is 2. The van der Waals surface area contributed by atoms with Gasteiger partial charge in [-0.25, -0.2) is 22.9 Å². The smallest absolute Gasteiger partial charge is 0.410 e. The Balaban J connectivity index is 1.47. The Morgan fingerprint density at radius 2 is 1.93 bits per heavy atom. The molecular formula is C30H34F3N5O2. The van der Waals surface area contributed by atoms with Gasteiger partial charge in [0.1, 0.15) is 23.4 Å². The van der Waals surface area contributed by atoms with Crippen LogP contribution in [0.5, 0.6) is 0 Å². The molecule has 10 heteroatoms. The van der Waals surface area contributed by atoms with Crippen molar-refractivity contribution in [3.05, 3.63) is 53.6 Å². The molecule has 7 nitrogen and oxygen atoms in total. The van der Waals surface area contributed by atoms with E-state index in [1.807, 2.05) is 4.57 Å². The van der Waals surface area contributed by atoms with Crippen LogP contribution in [0.1, 0.15) is 45.6 Å². The van der Waals surface area contributed by atoms with E-state index in [4.69, 9.17) is 9.72 Å². The molecule has 0 bridgehead atoms. The normalized spacial score (nSPS) is 21.6. The standard InChI is InChI=1S/C30H34F3N5O2/c1-30(2,3)40-29(39)37-15-19(33)11-21(37)16-38-26-9-7-18(32)13-25(26)36-28(38)27-23(14-20-5-4-10-34-20)22-8-6-17(31)12-24(22)35-27/h6-9,12-13,19-21,34-35H,4-5,10-11,14-16H2,1-3H3/t19-,20-,21-/m0/s1. The summed E-state index contributed by atoms with van der Waals surface area (Å²) in [6.07, 6.45) is 1.22. The molecule has 3 atom stereocenters. The number of aromatic nitrogens is 3. The molecule has 4 heterocycles. The lowest BCUT2D eigenvalue weighted by Gasteiger charge is -2.29. The van der Waals surface area contributed by atoms with E-state index in [2.05, 4.69) is 10.3 Å². The SMILES string of the molecule is CC(C)(C)OC(=O)N1C[C@@H](F)C[C@H]1Cn1c(-c2[nH]c3cc(F)ccc3c2C[C@@H]2CCCN2)nc2cc(F)ccc21. The van der Waals surface area contributed by atoms with E-state index in [1.165, 1.54) is 29.2 Å². The minimum Gasteiger partial charge on any atom is -0.444 e. The molecule has 0 saturated carbocycles. The molecule has 2 aliphatic rings. The molecule has 0 aliphatic carbocycles. The Morgan fingerprint density at radius 1 is 1.15 bits per heavy atom. The number of alkyl halides is 1. The van der Waals surface area contributed by atoms with Gasteiger partial charge in [-0.1, -0.05) is 0 Å². The number of amides is 1. The van der Waals surface area contributed by atoms with Crippen molar-refractivity contribution in [2.75, 3.05) is 13.1 Å². The Bertz CT molecular complexity index is 1570. The maximum Gasteiger partial charge on any atom is 0.410 e. The highest BCUT2D eigenvalue weighted by atomic mass is 19.1. The molecule has 2 saturated heterocycles. The summed E-state index contributed by atoms with van der Waals surface area (Å²) in [6.45, 7) is 6.46. The van der Waals surface area contributed by atoms with Crippen LogP contribution in [-0.4, -0.2) is 62.5 Å². The van der Waals surface area contributed by atoms with Crippen LogP contribution in [0, 0.1) is 11.6 Å². The summed E-state index contributed by atoms with van der Waals surface area (Å²) >= 11 is 0. The number of hydrogen-bond acceptors (Lipinski definition) is 4. The first-order valence-electron chi connectivity index (χ1n) is 13.9. The van der Waals surface area contributed by atoms with Crippen molar-refractivity contribution in [2.24, 2.45) is 0 Å². The summed E-state index contributed by atoms with van der Waals surface area (Å²) in [5.74, 6) is -0.233. The predicted molar refractivity (Wildman–Crippen MR) is 148 cm³/mol. The lowest BCUT2D eigenvalue weighted by Crippen LogP contribution is -2.41. The number of aromatic amines is 1. The second-order valence-electron chi connectivity index (χ2n) is 12.0. The van der Waals surface area contributed by atoms with Crippen LogP contribution in [0.25, 0.3) is 33.5 Å². The Kier molecular flexibility index (Phi) is 6.76. The molecule has 212 valence electrons. The summed E-state index contributed by atoms with van der Waals surface area (Å²) in [5.41, 5.74) is 2.74. The van der Waals surface area contributed by atoms with Crippen molar-refractivity contribution in [1.82, 2.24) is 24.8 Å². The van der Waals surface area contributed by atoms with Gasteiger partial charge in [0.15, 0.2) is 5.82 Å². The number of hydrogen-bond donors (Lipinski definition) is 2. The highest BCUT2D eigenvalue weighted by Crippen LogP contribution is 2.36. The summed E-state index contributed by atoms with van der Waals surface area (Å²) in [4.78, 5) is 22.7. The largest absolute Gasteiger partial charge is 0.444 e. The summed E-state index contributed by atoms with van der Waals surface area (Å²) < 4.78 is 50.8. The molecule has 0 spiro atoms. The van der Waals surface area contributed by atoms with Crippen molar-refractivity contribution >= 4 is 28.0 Å². The zero-order valence-electron chi connectivity index (χ0n) is 22.9. The number of carbonyl (C=O) groups excluding carboxylic acids is 1. The summed E-state index contributed by atoms with van der Waals surface area (Å²) in [5, 5.41) is 4.43. The van der Waals surface area contributed by atoms with Crippen molar-refractivity contribution in [3.8, 4) is 11.5 Å². The fourth-order valence-electron chi connectivity index (χ4n) is 6.07. The maximum atomic E-state index is 14.7. The zero-order valence-corrected chi connectivity index (χ0v) is 22.9. The number of nitrogens with one attached hydrogen (secondary N) is 2. The Labute approximate surface area is 230 Å². The van der Waals surface area contributed by atoms with Crippen molar-refractivity contribution in [1.29, 1.82) is 0 Å². The van der Waals surface area contributed by atoms with Crippen molar-refractivity contribution in [3.63, 3.8) is 0 Å². The molecule has 6 rings (SSSR count). The number of carbonyl (C=O) groups is 1. The quantitative estimate of drug-likeness (QED) is 0.313. The fourth-order valence-corrected chi connectivity index (χ4v) is 6.07. The predicted octanol–water partition coefficient (Wildman–Crippen LogP) is 6.10. The van der Waals surface area contributed by atoms with Gasteiger partial charge in [-0.2, -0.15) is 0 Å². The molecule has 4 aromatic rings. The topological polar surface area (TPSA) is 75.2 Å². The summed E-state index contributed by atoms with van der Waals surface area (Å²) in [7, 11) is 0. The minimum absolute atomic E-state index is 0.0551. The van der Waals surface area contributed by atoms with Crippen LogP contribution in [0.4, 0.5) is 18.0 Å². The molecular weight excluding hydrogens is 519 g/mol. The van der Waals surface area contributed by atoms with E-state index in [9.17, 15) is 18.0 Å². The third-order valence-corrected chi connectivity index (χ3v) is 7.80. The van der Waals surface area contributed by atoms with E-state index in [0.29, 0.717) is 34.5 Å². The molecule has 0 unspecified atom stereocenters. The number of ether oxygens (including phenoxy) is 1. The zero-order chi connectivity index (χ0) is 28.2. The molecule has 2 fully saturated rings. The molecule has 2 aromatic heterocycles. The first kappa shape index (κ1) is 26.7. The number of nitrogens with zero attached hydrogens (tertiary/aromatic N) is 3. The number of imidazole rings is 1. The first-order valence-corrected chi connectivity index (χ1v) is 13.9. The fraction of sp³-hybridized carbons (Fsp3) is 0.467. The number of fused-ring (bicyclic) bond motifs is 2. The summed E-state index contributed by atoms with van der Waals surface area (Å²) in [6, 6.07) is 8.85. The molecule has 2 aromatic carbocycles. The van der Waals surface area contributed by atoms with E-state index < -0.39 is 29.7 Å². The van der Waals surface area contributed by atoms with Gasteiger partial charge < -0.3 is 24.5 Å². The van der Waals surface area contributed by atoms with Crippen LogP contribution in [0.2, 0.25) is 0 Å². The average Bonchev–Trinajstić information content (AvgIpc) is 3.65. The maximum absolute atomic E-state index is 14.7. The third kappa shape index (κ3) is 5.16. The van der Waals surface area contributed by atoms with Crippen LogP contribution in [0.15, 0.2) is 36.4 Å². The van der Waals surface area contributed by atoms with E-state index in [-0.39, 0.29) is 31.4 Å². The molecule has 40 heavy (non-hydrogen) atoms. The molecule has 1 amide bonds. The van der Waals surface area contributed by atoms with Gasteiger partial charge in [0.25, 0.3) is 0 Å². The van der Waals surface area contributed by atoms with Gasteiger partial charge in [0.05, 0.1) is 29.3 Å². The van der Waals surface area contributed by atoms with E-state index in [0.717, 1.165) is 30.3 Å². The van der Waals surface area contributed by atoms with Gasteiger partial charge in [-0.15, -0.1) is 0 Å². The third-order valence-electron chi connectivity index (χ3n) is 7.80. The average molecular weight is 554 g/mol. The number of likely N-dealkylation sites (tertiary alicyclic amines) is 1. The second kappa shape index (κ2) is 10.1. The molecule has 2 aliphatic heterocycles. The molecule has 0 radical (unpaired) electrons. The lowest BCUT2D eigenvalue weighted by atomic mass is 10.0. The van der Waals surface area contributed by atoms with E-state index in [1.54, 1.807) is 32.9 Å². The van der Waals surface area contributed by atoms with Crippen LogP contribution in [0.3, 0.4) is 0 Å². The number of H-pyrrole nitrogens is 1. The van der Waals surface area contributed by atoms with E-state index >= 15 is 0 Å². The van der Waals surface area contributed by atoms with Crippen LogP contribution < -0.4 is 5.32 Å². The van der Waals surface area contributed by atoms with Crippen LogP contribution >= 0.6 is 0 Å². The number of rotatable bonds is 5. The van der Waals surface area contributed by atoms with Gasteiger partial charge >= 0.3 is 6.09 Å².